The van der Waals surface area contributed by atoms with Crippen molar-refractivity contribution in [2.45, 2.75) is 87.8 Å². The van der Waals surface area contributed by atoms with Crippen molar-refractivity contribution in [3.05, 3.63) is 46.0 Å². The van der Waals surface area contributed by atoms with Gasteiger partial charge in [-0.05, 0) is 6.92 Å². The van der Waals surface area contributed by atoms with E-state index in [0.717, 1.165) is 30.7 Å². The van der Waals surface area contributed by atoms with E-state index in [1.54, 1.807) is 13.8 Å². The molecule has 1 amide bonds. The highest BCUT2D eigenvalue weighted by atomic mass is 31.3. The maximum atomic E-state index is 13.8. The summed E-state index contributed by atoms with van der Waals surface area (Å²) in [5.74, 6) is -2.19. The average Bonchev–Trinajstić information content (AvgIpc) is 3.77. The number of carbonyl (C=O) groups excluding carboxylic acids is 1. The van der Waals surface area contributed by atoms with Gasteiger partial charge in [0.15, 0.2) is 41.4 Å². The monoisotopic (exact) mass is 1240 g/mol. The lowest BCUT2D eigenvalue weighted by Gasteiger charge is -2.28. The molecule has 0 bridgehead atoms. The fourth-order valence-corrected chi connectivity index (χ4v) is 14.0. The van der Waals surface area contributed by atoms with E-state index in [0.29, 0.717) is 0 Å². The molecule has 16 atom stereocenters. The third-order valence-electron chi connectivity index (χ3n) is 13.2. The van der Waals surface area contributed by atoms with Crippen molar-refractivity contribution < 1.29 is 108 Å². The Hall–Kier alpha value is -5.64. The standard InChI is InChI=1S/C38H54N16O24P4/c1-5-19(55)51(6-2)7-15-16(73-34(23(15)56)54-14-50(3)22-31(54)47-38(41)49-33(22)60)8-71-80(63,64)77-82(67,68)78-81(65,66)72-10-18-26(27(69-4)36(75-18)52-12-44-20-28(39)42-11-43-29(20)52)76-79(61,62)70-9-17-24(57)25(58)35(74-17)53-13-45-21-30(53)46-37(40)48-32(21)59/h11-18,23-27,34-36,56-58H,5-10H2,1-4H3,(H11-,39,40,41,42,43,46,47,48,49,59,60,61,62,63,64,65,66,67,68)/p+1/t15-,16-,17-,18?,23-,24-,25-,26-,27-,34-,35-,36-/m1/s1. The Bertz CT molecular complexity index is 3700. The van der Waals surface area contributed by atoms with Crippen LogP contribution in [0.15, 0.2) is 34.9 Å². The van der Waals surface area contributed by atoms with E-state index in [2.05, 4.69) is 48.5 Å². The Morgan fingerprint density at radius 2 is 1.33 bits per heavy atom. The molecule has 3 saturated heterocycles. The minimum absolute atomic E-state index is 0.00655. The summed E-state index contributed by atoms with van der Waals surface area (Å²) in [7, 11) is -21.0. The number of hydrogen-bond donors (Lipinski definition) is 12. The Labute approximate surface area is 458 Å². The van der Waals surface area contributed by atoms with Crippen LogP contribution in [0, 0.1) is 5.92 Å². The molecule has 3 fully saturated rings. The number of anilines is 3. The summed E-state index contributed by atoms with van der Waals surface area (Å²) in [4.78, 5) is 111. The van der Waals surface area contributed by atoms with Gasteiger partial charge < -0.3 is 75.9 Å². The van der Waals surface area contributed by atoms with Crippen LogP contribution in [0.5, 0.6) is 0 Å². The molecule has 6 aromatic rings. The second-order valence-corrected chi connectivity index (χ2v) is 24.5. The number of aliphatic hydroxyl groups excluding tert-OH is 3. The SMILES string of the molecule is CCC(=O)N(CC)C[C@H]1[C@@H](O)[C@H]([n+]2cn(C)c3c(=O)[nH]c(N)nc32)O[C@@H]1COP(=O)(O)OP(=O)(O)OP(=O)(O)OCC1O[C@@H](n2cnc3c(N)ncnc32)[C@H](OC)[C@@H]1OP(=O)(O)OC[C@H]1O[C@@H](n2cnc3c(=O)[nH]c(N)nc32)[C@H](O)[C@@H]1O. The van der Waals surface area contributed by atoms with Gasteiger partial charge in [-0.3, -0.25) is 56.1 Å². The number of fused-ring (bicyclic) bond motifs is 3. The van der Waals surface area contributed by atoms with Gasteiger partial charge in [0.25, 0.3) is 17.1 Å². The predicted molar refractivity (Wildman–Crippen MR) is 269 cm³/mol. The lowest BCUT2D eigenvalue weighted by Crippen LogP contribution is -2.47. The van der Waals surface area contributed by atoms with Crippen LogP contribution < -0.4 is 32.9 Å². The number of nitrogens with two attached hydrogens (primary N) is 3. The highest BCUT2D eigenvalue weighted by Crippen LogP contribution is 2.68. The van der Waals surface area contributed by atoms with Gasteiger partial charge in [-0.1, -0.05) is 11.9 Å². The summed E-state index contributed by atoms with van der Waals surface area (Å²) in [5.41, 5.74) is 15.7. The van der Waals surface area contributed by atoms with E-state index in [1.165, 1.54) is 32.0 Å². The number of rotatable bonds is 23. The van der Waals surface area contributed by atoms with E-state index < -0.39 is 136 Å². The molecule has 450 valence electrons. The quantitative estimate of drug-likeness (QED) is 0.0222. The summed E-state index contributed by atoms with van der Waals surface area (Å²) in [6.07, 6.45) is -13.2. The third-order valence-corrected chi connectivity index (χ3v) is 18.4. The molecule has 0 aromatic carbocycles. The number of nitrogen functional groups attached to an aromatic ring is 3. The summed E-state index contributed by atoms with van der Waals surface area (Å²) in [5, 5.41) is 33.5. The molecule has 40 nitrogen and oxygen atoms in total. The Balaban J connectivity index is 0.884. The fraction of sp³-hybridized carbons (Fsp3) is 0.579. The maximum Gasteiger partial charge on any atom is 0.490 e. The minimum Gasteiger partial charge on any atom is -0.387 e. The largest absolute Gasteiger partial charge is 0.490 e. The summed E-state index contributed by atoms with van der Waals surface area (Å²) >= 11 is 0. The van der Waals surface area contributed by atoms with Crippen molar-refractivity contribution in [3.8, 4) is 0 Å². The molecule has 9 rings (SSSR count). The molecule has 0 spiro atoms. The highest BCUT2D eigenvalue weighted by molar-refractivity contribution is 7.66. The Morgan fingerprint density at radius 1 is 0.732 bits per heavy atom. The van der Waals surface area contributed by atoms with Gasteiger partial charge in [0.2, 0.25) is 23.6 Å². The number of nitrogens with zero attached hydrogens (tertiary/aromatic N) is 11. The highest BCUT2D eigenvalue weighted by Gasteiger charge is 2.54. The molecule has 0 saturated carbocycles. The maximum absolute atomic E-state index is 13.8. The number of H-pyrrole nitrogens is 2. The molecule has 9 heterocycles. The fourth-order valence-electron chi connectivity index (χ4n) is 9.49. The van der Waals surface area contributed by atoms with Crippen LogP contribution in [0.4, 0.5) is 17.7 Å². The second kappa shape index (κ2) is 23.4. The van der Waals surface area contributed by atoms with Crippen LogP contribution in [-0.2, 0) is 75.8 Å². The van der Waals surface area contributed by atoms with Crippen LogP contribution >= 0.6 is 31.3 Å². The first kappa shape index (κ1) is 60.9. The Morgan fingerprint density at radius 3 is 1.99 bits per heavy atom. The molecule has 82 heavy (non-hydrogen) atoms. The number of phosphoric ester groups is 3. The number of imidazole rings is 3. The number of aromatic nitrogens is 12. The molecular weight excluding hydrogens is 1190 g/mol. The van der Waals surface area contributed by atoms with Gasteiger partial charge in [-0.15, -0.1) is 0 Å². The van der Waals surface area contributed by atoms with E-state index in [4.69, 9.17) is 54.2 Å². The summed E-state index contributed by atoms with van der Waals surface area (Å²) < 4.78 is 111. The van der Waals surface area contributed by atoms with E-state index in [9.17, 15) is 67.5 Å². The smallest absolute Gasteiger partial charge is 0.387 e. The van der Waals surface area contributed by atoms with Crippen molar-refractivity contribution >= 4 is 88.4 Å². The number of aromatic amines is 2. The van der Waals surface area contributed by atoms with Gasteiger partial charge in [-0.25, -0.2) is 42.8 Å². The van der Waals surface area contributed by atoms with Crippen molar-refractivity contribution in [2.75, 3.05) is 57.2 Å². The van der Waals surface area contributed by atoms with E-state index in [-0.39, 0.29) is 76.6 Å². The van der Waals surface area contributed by atoms with Crippen molar-refractivity contribution in [3.63, 3.8) is 0 Å². The number of ether oxygens (including phenoxy) is 4. The van der Waals surface area contributed by atoms with E-state index in [1.807, 2.05) is 0 Å². The number of phosphoric acid groups is 4. The number of aryl methyl sites for hydroxylation is 1. The number of nitrogens with one attached hydrogen (secondary N) is 2. The zero-order chi connectivity index (χ0) is 59.5. The lowest BCUT2D eigenvalue weighted by molar-refractivity contribution is -0.745. The van der Waals surface area contributed by atoms with Crippen LogP contribution in [0.25, 0.3) is 33.5 Å². The Kier molecular flexibility index (Phi) is 17.4. The molecule has 0 radical (unpaired) electrons. The lowest BCUT2D eigenvalue weighted by atomic mass is 9.97. The van der Waals surface area contributed by atoms with Crippen molar-refractivity contribution in [1.29, 1.82) is 0 Å². The normalized spacial score (nSPS) is 28.8. The molecule has 15 N–H and O–H groups in total. The molecule has 3 aliphatic rings. The predicted octanol–water partition coefficient (Wildman–Crippen LogP) is -3.20. The first-order valence-electron chi connectivity index (χ1n) is 24.1. The number of aliphatic hydroxyl groups is 3. The number of hydrogen-bond acceptors (Lipinski definition) is 29. The minimum atomic E-state index is -6.24. The van der Waals surface area contributed by atoms with Gasteiger partial charge in [0.05, 0.1) is 45.6 Å². The first-order valence-corrected chi connectivity index (χ1v) is 30.1. The van der Waals surface area contributed by atoms with Gasteiger partial charge in [0.1, 0.15) is 54.6 Å². The van der Waals surface area contributed by atoms with Gasteiger partial charge >= 0.3 is 36.9 Å². The molecule has 0 aliphatic carbocycles. The average molecular weight is 1240 g/mol. The first-order chi connectivity index (χ1) is 38.5. The molecular formula is C38H55N16O24P4+. The molecule has 3 aliphatic heterocycles. The van der Waals surface area contributed by atoms with Crippen LogP contribution in [-0.4, -0.2) is 188 Å². The van der Waals surface area contributed by atoms with Crippen molar-refractivity contribution in [1.82, 2.24) is 58.5 Å². The molecule has 6 aromatic heterocycles. The van der Waals surface area contributed by atoms with Crippen LogP contribution in [0.3, 0.4) is 0 Å². The number of amides is 1. The number of carbonyl (C=O) groups is 1. The molecule has 44 heteroatoms. The second-order valence-electron chi connectivity index (χ2n) is 18.4. The summed E-state index contributed by atoms with van der Waals surface area (Å²) in [6, 6.07) is 0. The zero-order valence-electron chi connectivity index (χ0n) is 43.0. The molecule has 5 unspecified atom stereocenters. The van der Waals surface area contributed by atoms with Crippen LogP contribution in [0.1, 0.15) is 39.0 Å². The third kappa shape index (κ3) is 12.4. The van der Waals surface area contributed by atoms with Crippen molar-refractivity contribution in [2.24, 2.45) is 13.0 Å². The van der Waals surface area contributed by atoms with Gasteiger partial charge in [-0.2, -0.15) is 13.6 Å². The topological polar surface area (TPSA) is 562 Å². The van der Waals surface area contributed by atoms with Crippen LogP contribution in [0.2, 0.25) is 0 Å². The van der Waals surface area contributed by atoms with E-state index >= 15 is 0 Å². The number of methoxy groups -OCH3 is 1. The zero-order valence-corrected chi connectivity index (χ0v) is 46.6. The summed E-state index contributed by atoms with van der Waals surface area (Å²) in [6.45, 7) is -0.137. The van der Waals surface area contributed by atoms with Gasteiger partial charge in [0, 0.05) is 32.5 Å².